The molecule has 1 unspecified atom stereocenters. The van der Waals surface area contributed by atoms with E-state index in [0.717, 1.165) is 34.1 Å². The normalized spacial score (nSPS) is 16.5. The number of amides is 2. The van der Waals surface area contributed by atoms with Crippen LogP contribution in [0.15, 0.2) is 59.5 Å². The molecular weight excluding hydrogens is 467 g/mol. The van der Waals surface area contributed by atoms with Crippen molar-refractivity contribution in [1.29, 1.82) is 0 Å². The number of halogens is 1. The van der Waals surface area contributed by atoms with Crippen LogP contribution in [0.1, 0.15) is 28.2 Å². The quantitative estimate of drug-likeness (QED) is 0.537. The minimum absolute atomic E-state index is 0.0960. The summed E-state index contributed by atoms with van der Waals surface area (Å²) in [6.45, 7) is 1.85. The van der Waals surface area contributed by atoms with Crippen LogP contribution in [-0.2, 0) is 14.8 Å². The van der Waals surface area contributed by atoms with Gasteiger partial charge < -0.3 is 0 Å². The molecule has 2 aromatic carbocycles. The number of carbonyl (C=O) groups is 2. The van der Waals surface area contributed by atoms with Crippen LogP contribution in [0.2, 0.25) is 0 Å². The van der Waals surface area contributed by atoms with Crippen molar-refractivity contribution in [3.05, 3.63) is 71.0 Å². The van der Waals surface area contributed by atoms with Gasteiger partial charge in [-0.15, -0.1) is 11.3 Å². The molecule has 1 saturated heterocycles. The van der Waals surface area contributed by atoms with Gasteiger partial charge in [0.05, 0.1) is 10.6 Å². The summed E-state index contributed by atoms with van der Waals surface area (Å²) in [7, 11) is -3.99. The molecule has 1 fully saturated rings. The molecule has 0 spiro atoms. The Bertz CT molecular complexity index is 1280. The summed E-state index contributed by atoms with van der Waals surface area (Å²) in [5, 5.41) is 0.678. The van der Waals surface area contributed by atoms with Crippen molar-refractivity contribution in [2.24, 2.45) is 0 Å². The lowest BCUT2D eigenvalue weighted by Gasteiger charge is -2.23. The number of carbonyl (C=O) groups excluding carboxylic acids is 2. The van der Waals surface area contributed by atoms with E-state index < -0.39 is 33.7 Å². The number of thiazole rings is 1. The molecule has 1 aliphatic heterocycles. The SMILES string of the molecule is Cc1nc(-c2ccccc2)sc1C(=O)NNC(=O)C1CCCN1S(=O)(=O)c1ccc(F)cc1. The van der Waals surface area contributed by atoms with E-state index >= 15 is 0 Å². The Morgan fingerprint density at radius 1 is 1.09 bits per heavy atom. The van der Waals surface area contributed by atoms with Gasteiger partial charge in [-0.3, -0.25) is 20.4 Å². The Kier molecular flexibility index (Phi) is 6.54. The number of hydrazine groups is 1. The van der Waals surface area contributed by atoms with Crippen LogP contribution in [0.3, 0.4) is 0 Å². The first kappa shape index (κ1) is 23.0. The molecular formula is C22H21FN4O4S2. The smallest absolute Gasteiger partial charge is 0.271 e. The van der Waals surface area contributed by atoms with Crippen molar-refractivity contribution in [2.75, 3.05) is 6.54 Å². The molecule has 0 bridgehead atoms. The van der Waals surface area contributed by atoms with Gasteiger partial charge in [0.15, 0.2) is 0 Å². The van der Waals surface area contributed by atoms with Crippen molar-refractivity contribution in [1.82, 2.24) is 20.1 Å². The van der Waals surface area contributed by atoms with Gasteiger partial charge in [0.25, 0.3) is 11.8 Å². The van der Waals surface area contributed by atoms with E-state index in [1.54, 1.807) is 6.92 Å². The Hall–Kier alpha value is -3.15. The van der Waals surface area contributed by atoms with E-state index in [9.17, 15) is 22.4 Å². The average Bonchev–Trinajstić information content (AvgIpc) is 3.46. The van der Waals surface area contributed by atoms with Gasteiger partial charge in [-0.05, 0) is 44.0 Å². The zero-order valence-electron chi connectivity index (χ0n) is 17.6. The molecule has 2 heterocycles. The maximum absolute atomic E-state index is 13.2. The zero-order valence-corrected chi connectivity index (χ0v) is 19.2. The van der Waals surface area contributed by atoms with Gasteiger partial charge in [-0.2, -0.15) is 4.31 Å². The lowest BCUT2D eigenvalue weighted by molar-refractivity contribution is -0.125. The van der Waals surface area contributed by atoms with Gasteiger partial charge in [0, 0.05) is 12.1 Å². The highest BCUT2D eigenvalue weighted by molar-refractivity contribution is 7.89. The first-order valence-electron chi connectivity index (χ1n) is 10.2. The number of nitrogens with one attached hydrogen (secondary N) is 2. The van der Waals surface area contributed by atoms with Gasteiger partial charge >= 0.3 is 0 Å². The molecule has 11 heteroatoms. The Morgan fingerprint density at radius 3 is 2.48 bits per heavy atom. The topological polar surface area (TPSA) is 108 Å². The minimum Gasteiger partial charge on any atom is -0.271 e. The molecule has 0 aliphatic carbocycles. The van der Waals surface area contributed by atoms with Gasteiger partial charge in [0.1, 0.15) is 21.7 Å². The van der Waals surface area contributed by atoms with Crippen molar-refractivity contribution in [2.45, 2.75) is 30.7 Å². The maximum Gasteiger partial charge on any atom is 0.281 e. The minimum atomic E-state index is -3.99. The summed E-state index contributed by atoms with van der Waals surface area (Å²) in [4.78, 5) is 30.0. The molecule has 8 nitrogen and oxygen atoms in total. The third-order valence-corrected chi connectivity index (χ3v) is 8.38. The molecule has 33 heavy (non-hydrogen) atoms. The van der Waals surface area contributed by atoms with Crippen LogP contribution in [0.5, 0.6) is 0 Å². The summed E-state index contributed by atoms with van der Waals surface area (Å²) in [6.07, 6.45) is 0.792. The maximum atomic E-state index is 13.2. The van der Waals surface area contributed by atoms with Crippen LogP contribution in [0, 0.1) is 12.7 Å². The van der Waals surface area contributed by atoms with Crippen molar-refractivity contribution < 1.29 is 22.4 Å². The monoisotopic (exact) mass is 488 g/mol. The van der Waals surface area contributed by atoms with E-state index in [1.807, 2.05) is 30.3 Å². The molecule has 0 saturated carbocycles. The highest BCUT2D eigenvalue weighted by Gasteiger charge is 2.39. The van der Waals surface area contributed by atoms with Crippen LogP contribution >= 0.6 is 11.3 Å². The molecule has 172 valence electrons. The third kappa shape index (κ3) is 4.80. The third-order valence-electron chi connectivity index (χ3n) is 5.25. The predicted molar refractivity (Wildman–Crippen MR) is 121 cm³/mol. The fraction of sp³-hybridized carbons (Fsp3) is 0.227. The standard InChI is InChI=1S/C22H21FN4O4S2/c1-14-19(32-22(24-14)15-6-3-2-4-7-15)21(29)26-25-20(28)18-8-5-13-27(18)33(30,31)17-11-9-16(23)10-12-17/h2-4,6-7,9-12,18H,5,8,13H2,1H3,(H,25,28)(H,26,29). The van der Waals surface area contributed by atoms with Gasteiger partial charge in [-0.1, -0.05) is 30.3 Å². The summed E-state index contributed by atoms with van der Waals surface area (Å²) >= 11 is 1.20. The van der Waals surface area contributed by atoms with Gasteiger partial charge in [0.2, 0.25) is 10.0 Å². The number of aromatic nitrogens is 1. The van der Waals surface area contributed by atoms with Crippen molar-refractivity contribution in [3.8, 4) is 10.6 Å². The molecule has 1 aliphatic rings. The highest BCUT2D eigenvalue weighted by Crippen LogP contribution is 2.28. The Balaban J connectivity index is 1.44. The highest BCUT2D eigenvalue weighted by atomic mass is 32.2. The molecule has 2 amide bonds. The van der Waals surface area contributed by atoms with Crippen LogP contribution in [-0.4, -0.2) is 42.1 Å². The van der Waals surface area contributed by atoms with Crippen LogP contribution < -0.4 is 10.9 Å². The van der Waals surface area contributed by atoms with Crippen molar-refractivity contribution >= 4 is 33.2 Å². The first-order chi connectivity index (χ1) is 15.8. The Labute approximate surface area is 194 Å². The molecule has 3 aromatic rings. The van der Waals surface area contributed by atoms with E-state index in [-0.39, 0.29) is 11.4 Å². The van der Waals surface area contributed by atoms with E-state index in [4.69, 9.17) is 0 Å². The van der Waals surface area contributed by atoms with E-state index in [1.165, 1.54) is 11.3 Å². The summed E-state index contributed by atoms with van der Waals surface area (Å²) in [5.41, 5.74) is 6.09. The second-order valence-corrected chi connectivity index (χ2v) is 10.4. The Morgan fingerprint density at radius 2 is 1.79 bits per heavy atom. The number of benzene rings is 2. The molecule has 2 N–H and O–H groups in total. The molecule has 1 atom stereocenters. The molecule has 4 rings (SSSR count). The predicted octanol–water partition coefficient (Wildman–Crippen LogP) is 2.87. The zero-order chi connectivity index (χ0) is 23.6. The number of rotatable bonds is 5. The van der Waals surface area contributed by atoms with Gasteiger partial charge in [-0.25, -0.2) is 17.8 Å². The summed E-state index contributed by atoms with van der Waals surface area (Å²) < 4.78 is 40.1. The second-order valence-electron chi connectivity index (χ2n) is 7.47. The summed E-state index contributed by atoms with van der Waals surface area (Å²) in [6, 6.07) is 12.9. The van der Waals surface area contributed by atoms with E-state index in [2.05, 4.69) is 15.8 Å². The van der Waals surface area contributed by atoms with Crippen LogP contribution in [0.25, 0.3) is 10.6 Å². The number of hydrogen-bond donors (Lipinski definition) is 2. The van der Waals surface area contributed by atoms with Crippen molar-refractivity contribution in [3.63, 3.8) is 0 Å². The fourth-order valence-corrected chi connectivity index (χ4v) is 6.22. The number of hydrogen-bond acceptors (Lipinski definition) is 6. The van der Waals surface area contributed by atoms with Crippen LogP contribution in [0.4, 0.5) is 4.39 Å². The average molecular weight is 489 g/mol. The van der Waals surface area contributed by atoms with E-state index in [0.29, 0.717) is 28.4 Å². The molecule has 1 aromatic heterocycles. The fourth-order valence-electron chi connectivity index (χ4n) is 3.60. The summed E-state index contributed by atoms with van der Waals surface area (Å²) in [5.74, 6) is -1.73. The lowest BCUT2D eigenvalue weighted by Crippen LogP contribution is -2.51. The number of aryl methyl sites for hydroxylation is 1. The largest absolute Gasteiger partial charge is 0.281 e. The number of sulfonamides is 1. The second kappa shape index (κ2) is 9.38. The first-order valence-corrected chi connectivity index (χ1v) is 12.4. The number of nitrogens with zero attached hydrogens (tertiary/aromatic N) is 2. The molecule has 0 radical (unpaired) electrons. The lowest BCUT2D eigenvalue weighted by atomic mass is 10.2.